The van der Waals surface area contributed by atoms with Crippen LogP contribution in [0.4, 0.5) is 0 Å². The van der Waals surface area contributed by atoms with Crippen molar-refractivity contribution in [3.05, 3.63) is 47.3 Å². The molecule has 1 unspecified atom stereocenters. The van der Waals surface area contributed by atoms with Crippen molar-refractivity contribution in [3.63, 3.8) is 0 Å². The van der Waals surface area contributed by atoms with E-state index in [9.17, 15) is 9.59 Å². The summed E-state index contributed by atoms with van der Waals surface area (Å²) in [6, 6.07) is 10.3. The van der Waals surface area contributed by atoms with Gasteiger partial charge in [0.05, 0.1) is 17.9 Å². The summed E-state index contributed by atoms with van der Waals surface area (Å²) in [5.74, 6) is 0.206. The summed E-state index contributed by atoms with van der Waals surface area (Å²) < 4.78 is 4.54. The van der Waals surface area contributed by atoms with Crippen molar-refractivity contribution < 1.29 is 14.3 Å². The third-order valence-corrected chi connectivity index (χ3v) is 4.59. The summed E-state index contributed by atoms with van der Waals surface area (Å²) in [5, 5.41) is 6.13. The van der Waals surface area contributed by atoms with Crippen LogP contribution in [0.3, 0.4) is 0 Å². The topological polar surface area (TPSA) is 70.4 Å². The molecule has 1 aliphatic heterocycles. The Morgan fingerprint density at radius 3 is 2.09 bits per heavy atom. The molecule has 1 aromatic rings. The van der Waals surface area contributed by atoms with Crippen LogP contribution >= 0.6 is 0 Å². The fourth-order valence-corrected chi connectivity index (χ4v) is 2.35. The molecule has 1 aromatic carbocycles. The quantitative estimate of drug-likeness (QED) is 0.241. The van der Waals surface area contributed by atoms with Crippen molar-refractivity contribution in [1.29, 1.82) is 0 Å². The summed E-state index contributed by atoms with van der Waals surface area (Å²) in [5.41, 5.74) is 3.21. The average Bonchev–Trinajstić information content (AvgIpc) is 3.59. The first-order chi connectivity index (χ1) is 15.3. The Kier molecular flexibility index (Phi) is 22.0. The zero-order chi connectivity index (χ0) is 24.8. The zero-order valence-electron chi connectivity index (χ0n) is 21.7. The normalized spacial score (nSPS) is 13.7. The first kappa shape index (κ1) is 32.0. The van der Waals surface area contributed by atoms with Crippen LogP contribution in [0.1, 0.15) is 53.0 Å². The van der Waals surface area contributed by atoms with Gasteiger partial charge in [0, 0.05) is 39.6 Å². The Labute approximate surface area is 196 Å². The SMILES string of the molecule is CCN1C/C1=C(/NCCCC(C)C=O)C(C)=O.CCNC.CCOC.Cc1ccccc1. The fraction of sp³-hybridized carbons (Fsp3) is 0.615. The van der Waals surface area contributed by atoms with Crippen LogP contribution in [0.2, 0.25) is 0 Å². The molecule has 0 aliphatic carbocycles. The lowest BCUT2D eigenvalue weighted by molar-refractivity contribution is -0.114. The molecular weight excluding hydrogens is 402 g/mol. The highest BCUT2D eigenvalue weighted by molar-refractivity contribution is 5.94. The maximum absolute atomic E-state index is 11.5. The summed E-state index contributed by atoms with van der Waals surface area (Å²) in [6.07, 6.45) is 2.76. The largest absolute Gasteiger partial charge is 0.385 e. The van der Waals surface area contributed by atoms with Gasteiger partial charge in [0.25, 0.3) is 0 Å². The van der Waals surface area contributed by atoms with Crippen LogP contribution in [0, 0.1) is 12.8 Å². The smallest absolute Gasteiger partial charge is 0.177 e. The molecule has 6 heteroatoms. The van der Waals surface area contributed by atoms with Gasteiger partial charge in [-0.25, -0.2) is 0 Å². The maximum atomic E-state index is 11.5. The highest BCUT2D eigenvalue weighted by Gasteiger charge is 2.29. The second-order valence-electron chi connectivity index (χ2n) is 7.51. The molecule has 1 atom stereocenters. The van der Waals surface area contributed by atoms with Gasteiger partial charge in [-0.2, -0.15) is 0 Å². The minimum absolute atomic E-state index is 0.0967. The van der Waals surface area contributed by atoms with Crippen LogP contribution in [-0.2, 0) is 14.3 Å². The van der Waals surface area contributed by atoms with Gasteiger partial charge in [0.15, 0.2) is 5.78 Å². The van der Waals surface area contributed by atoms with Gasteiger partial charge >= 0.3 is 0 Å². The molecule has 2 rings (SSSR count). The number of carbonyl (C=O) groups excluding carboxylic acids is 2. The monoisotopic (exact) mass is 449 g/mol. The standard InChI is InChI=1S/C13H22N2O2.C7H8.C3H9N.C3H8O/c1-4-15-8-12(15)13(11(3)17)14-7-5-6-10(2)9-16;1-7-5-3-2-4-6-7;2*1-3-4-2/h9-10,14H,4-8H2,1-3H3;2-6H,1H3;4H,3H2,1-2H3;3H2,1-2H3/b13-12-;;;. The maximum Gasteiger partial charge on any atom is 0.177 e. The third-order valence-electron chi connectivity index (χ3n) is 4.59. The van der Waals surface area contributed by atoms with Crippen LogP contribution < -0.4 is 10.6 Å². The molecule has 1 heterocycles. The Bertz CT molecular complexity index is 610. The Balaban J connectivity index is 0. The molecule has 32 heavy (non-hydrogen) atoms. The lowest BCUT2D eigenvalue weighted by atomic mass is 10.1. The predicted octanol–water partition coefficient (Wildman–Crippen LogP) is 4.20. The van der Waals surface area contributed by atoms with E-state index in [-0.39, 0.29) is 11.7 Å². The lowest BCUT2D eigenvalue weighted by Crippen LogP contribution is -2.21. The van der Waals surface area contributed by atoms with Crippen molar-refractivity contribution in [2.45, 2.75) is 54.4 Å². The Hall–Kier alpha value is -2.18. The van der Waals surface area contributed by atoms with E-state index in [1.165, 1.54) is 5.56 Å². The number of benzene rings is 1. The summed E-state index contributed by atoms with van der Waals surface area (Å²) in [4.78, 5) is 24.1. The number of aryl methyl sites for hydroxylation is 1. The number of rotatable bonds is 10. The number of likely N-dealkylation sites (N-methyl/N-ethyl adjacent to an activating group) is 1. The highest BCUT2D eigenvalue weighted by atomic mass is 16.5. The Morgan fingerprint density at radius 1 is 1.22 bits per heavy atom. The molecule has 1 fully saturated rings. The molecule has 0 amide bonds. The number of hydrogen-bond donors (Lipinski definition) is 2. The first-order valence-corrected chi connectivity index (χ1v) is 11.7. The van der Waals surface area contributed by atoms with Crippen LogP contribution in [0.5, 0.6) is 0 Å². The highest BCUT2D eigenvalue weighted by Crippen LogP contribution is 2.24. The second kappa shape index (κ2) is 22.0. The fourth-order valence-electron chi connectivity index (χ4n) is 2.35. The summed E-state index contributed by atoms with van der Waals surface area (Å²) in [6.45, 7) is 16.2. The van der Waals surface area contributed by atoms with E-state index in [1.54, 1.807) is 14.0 Å². The number of ether oxygens (including phenoxy) is 1. The number of allylic oxidation sites excluding steroid dienone is 1. The molecule has 0 spiro atoms. The molecule has 1 saturated heterocycles. The number of ketones is 1. The molecule has 0 aromatic heterocycles. The average molecular weight is 450 g/mol. The number of carbonyl (C=O) groups is 2. The van der Waals surface area contributed by atoms with Crippen molar-refractivity contribution in [2.24, 2.45) is 5.92 Å². The molecular formula is C26H47N3O3. The number of methoxy groups -OCH3 is 1. The molecule has 2 N–H and O–H groups in total. The number of hydrogen-bond acceptors (Lipinski definition) is 6. The molecule has 6 nitrogen and oxygen atoms in total. The summed E-state index contributed by atoms with van der Waals surface area (Å²) in [7, 11) is 3.61. The van der Waals surface area contributed by atoms with Crippen molar-refractivity contribution >= 4 is 12.1 Å². The van der Waals surface area contributed by atoms with E-state index in [0.717, 1.165) is 63.3 Å². The van der Waals surface area contributed by atoms with Crippen LogP contribution in [-0.4, -0.2) is 63.9 Å². The van der Waals surface area contributed by atoms with E-state index < -0.39 is 0 Å². The third kappa shape index (κ3) is 18.6. The van der Waals surface area contributed by atoms with E-state index in [1.807, 2.05) is 39.1 Å². The number of nitrogens with zero attached hydrogens (tertiary/aromatic N) is 1. The van der Waals surface area contributed by atoms with Crippen molar-refractivity contribution in [2.75, 3.05) is 46.9 Å². The van der Waals surface area contributed by atoms with Gasteiger partial charge in [0.1, 0.15) is 6.29 Å². The molecule has 1 aliphatic rings. The zero-order valence-corrected chi connectivity index (χ0v) is 21.7. The minimum Gasteiger partial charge on any atom is -0.385 e. The van der Waals surface area contributed by atoms with Gasteiger partial charge in [-0.3, -0.25) is 4.79 Å². The minimum atomic E-state index is 0.0967. The van der Waals surface area contributed by atoms with E-state index in [2.05, 4.69) is 53.2 Å². The van der Waals surface area contributed by atoms with E-state index in [4.69, 9.17) is 0 Å². The predicted molar refractivity (Wildman–Crippen MR) is 136 cm³/mol. The Morgan fingerprint density at radius 2 is 1.78 bits per heavy atom. The van der Waals surface area contributed by atoms with Gasteiger partial charge in [0.2, 0.25) is 0 Å². The van der Waals surface area contributed by atoms with Crippen molar-refractivity contribution in [3.8, 4) is 0 Å². The summed E-state index contributed by atoms with van der Waals surface area (Å²) >= 11 is 0. The number of Topliss-reactive ketones (excluding diaryl/α,β-unsaturated/α-hetero) is 1. The van der Waals surface area contributed by atoms with Crippen LogP contribution in [0.15, 0.2) is 41.7 Å². The number of nitrogens with one attached hydrogen (secondary N) is 2. The van der Waals surface area contributed by atoms with Gasteiger partial charge in [-0.15, -0.1) is 0 Å². The molecule has 184 valence electrons. The van der Waals surface area contributed by atoms with Crippen LogP contribution in [0.25, 0.3) is 0 Å². The van der Waals surface area contributed by atoms with Gasteiger partial charge < -0.3 is 25.1 Å². The lowest BCUT2D eigenvalue weighted by Gasteiger charge is -2.08. The molecule has 0 radical (unpaired) electrons. The molecule has 0 saturated carbocycles. The van der Waals surface area contributed by atoms with Crippen molar-refractivity contribution in [1.82, 2.24) is 15.5 Å². The molecule has 0 bridgehead atoms. The number of aldehydes is 1. The second-order valence-corrected chi connectivity index (χ2v) is 7.51. The van der Waals surface area contributed by atoms with E-state index >= 15 is 0 Å². The first-order valence-electron chi connectivity index (χ1n) is 11.7. The van der Waals surface area contributed by atoms with Gasteiger partial charge in [-0.05, 0) is 47.2 Å². The van der Waals surface area contributed by atoms with E-state index in [0.29, 0.717) is 0 Å². The van der Waals surface area contributed by atoms with Gasteiger partial charge in [-0.1, -0.05) is 49.7 Å².